The molecule has 1 aliphatic carbocycles. The van der Waals surface area contributed by atoms with Gasteiger partial charge in [-0.25, -0.2) is 9.78 Å². The summed E-state index contributed by atoms with van der Waals surface area (Å²) >= 11 is 14.0. The maximum absolute atomic E-state index is 11.3. The lowest BCUT2D eigenvalue weighted by atomic mass is 9.78. The number of nitrogens with zero attached hydrogens (tertiary/aromatic N) is 1. The number of carbonyl (C=O) groups is 1. The minimum absolute atomic E-state index is 0.0698. The summed E-state index contributed by atoms with van der Waals surface area (Å²) in [6.45, 7) is 0. The molecule has 0 saturated heterocycles. The second kappa shape index (κ2) is 6.13. The van der Waals surface area contributed by atoms with Crippen LogP contribution in [0.15, 0.2) is 47.8 Å². The molecule has 1 aliphatic rings. The van der Waals surface area contributed by atoms with Crippen LogP contribution in [0, 0.1) is 0 Å². The number of aromatic nitrogens is 1. The fourth-order valence-corrected chi connectivity index (χ4v) is 5.14. The van der Waals surface area contributed by atoms with Gasteiger partial charge in [-0.05, 0) is 41.7 Å². The Morgan fingerprint density at radius 3 is 2.36 bits per heavy atom. The lowest BCUT2D eigenvalue weighted by Gasteiger charge is -2.28. The number of benzene rings is 2. The third kappa shape index (κ3) is 2.74. The van der Waals surface area contributed by atoms with Gasteiger partial charge in [0.15, 0.2) is 5.69 Å². The second-order valence-electron chi connectivity index (χ2n) is 6.17. The van der Waals surface area contributed by atoms with Crippen molar-refractivity contribution >= 4 is 40.5 Å². The molecule has 0 unspecified atom stereocenters. The number of fused-ring (bicyclic) bond motifs is 1. The molecule has 126 valence electrons. The Hall–Kier alpha value is -1.88. The fourth-order valence-electron chi connectivity index (χ4n) is 3.54. The summed E-state index contributed by atoms with van der Waals surface area (Å²) in [5, 5.41) is 12.8. The standard InChI is InChI=1S/C19H13Cl2NO2S/c20-13-5-6-14(15(21)7-13)19(18-22-16(10-25-18)17(23)24)8-11-3-1-2-4-12(11)9-19/h1-7,10H,8-9H2,(H,23,24). The Kier molecular flexibility index (Phi) is 4.07. The van der Waals surface area contributed by atoms with Gasteiger partial charge in [-0.15, -0.1) is 11.3 Å². The molecular formula is C19H13Cl2NO2S. The molecule has 1 heterocycles. The topological polar surface area (TPSA) is 50.2 Å². The van der Waals surface area contributed by atoms with Crippen LogP contribution in [-0.4, -0.2) is 16.1 Å². The van der Waals surface area contributed by atoms with Crippen LogP contribution >= 0.6 is 34.5 Å². The van der Waals surface area contributed by atoms with E-state index >= 15 is 0 Å². The lowest BCUT2D eigenvalue weighted by molar-refractivity contribution is 0.0691. The van der Waals surface area contributed by atoms with Crippen molar-refractivity contribution in [2.75, 3.05) is 0 Å². The van der Waals surface area contributed by atoms with Gasteiger partial charge in [0.05, 0.1) is 5.41 Å². The van der Waals surface area contributed by atoms with Crippen molar-refractivity contribution in [1.29, 1.82) is 0 Å². The molecule has 0 spiro atoms. The summed E-state index contributed by atoms with van der Waals surface area (Å²) in [5.74, 6) is -1.02. The molecule has 0 fully saturated rings. The van der Waals surface area contributed by atoms with Gasteiger partial charge >= 0.3 is 5.97 Å². The van der Waals surface area contributed by atoms with E-state index in [9.17, 15) is 9.90 Å². The van der Waals surface area contributed by atoms with Crippen LogP contribution in [0.3, 0.4) is 0 Å². The Morgan fingerprint density at radius 2 is 1.80 bits per heavy atom. The van der Waals surface area contributed by atoms with E-state index in [1.54, 1.807) is 11.4 Å². The van der Waals surface area contributed by atoms with E-state index in [0.717, 1.165) is 23.4 Å². The summed E-state index contributed by atoms with van der Waals surface area (Å²) in [6, 6.07) is 13.7. The molecule has 0 bridgehead atoms. The van der Waals surface area contributed by atoms with Crippen LogP contribution in [0.2, 0.25) is 10.0 Å². The molecule has 2 aromatic carbocycles. The average molecular weight is 390 g/mol. The highest BCUT2D eigenvalue weighted by molar-refractivity contribution is 7.10. The van der Waals surface area contributed by atoms with Crippen molar-refractivity contribution in [3.8, 4) is 0 Å². The number of aromatic carboxylic acids is 1. The summed E-state index contributed by atoms with van der Waals surface area (Å²) in [6.07, 6.45) is 1.47. The van der Waals surface area contributed by atoms with Gasteiger partial charge in [0.2, 0.25) is 0 Å². The predicted octanol–water partition coefficient (Wildman–Crippen LogP) is 5.23. The number of carboxylic acids is 1. The highest BCUT2D eigenvalue weighted by Crippen LogP contribution is 2.48. The second-order valence-corrected chi connectivity index (χ2v) is 7.87. The van der Waals surface area contributed by atoms with Gasteiger partial charge in [0.25, 0.3) is 0 Å². The SMILES string of the molecule is O=C(O)c1csc(C2(c3ccc(Cl)cc3Cl)Cc3ccccc3C2)n1. The molecule has 0 aliphatic heterocycles. The minimum Gasteiger partial charge on any atom is -0.476 e. The summed E-state index contributed by atoms with van der Waals surface area (Å²) in [7, 11) is 0. The van der Waals surface area contributed by atoms with E-state index in [0.29, 0.717) is 10.0 Å². The number of carboxylic acid groups (broad SMARTS) is 1. The van der Waals surface area contributed by atoms with Crippen molar-refractivity contribution in [1.82, 2.24) is 4.98 Å². The van der Waals surface area contributed by atoms with E-state index in [4.69, 9.17) is 23.2 Å². The first-order chi connectivity index (χ1) is 12.0. The van der Waals surface area contributed by atoms with E-state index in [1.165, 1.54) is 22.5 Å². The number of hydrogen-bond donors (Lipinski definition) is 1. The van der Waals surface area contributed by atoms with Crippen molar-refractivity contribution in [3.63, 3.8) is 0 Å². The first-order valence-corrected chi connectivity index (χ1v) is 9.35. The smallest absolute Gasteiger partial charge is 0.355 e. The van der Waals surface area contributed by atoms with Crippen molar-refractivity contribution in [2.24, 2.45) is 0 Å². The maximum Gasteiger partial charge on any atom is 0.355 e. The molecule has 4 rings (SSSR count). The lowest BCUT2D eigenvalue weighted by Crippen LogP contribution is -2.29. The third-order valence-corrected chi connectivity index (χ3v) is 6.28. The molecule has 0 saturated carbocycles. The fraction of sp³-hybridized carbons (Fsp3) is 0.158. The molecular weight excluding hydrogens is 377 g/mol. The van der Waals surface area contributed by atoms with Crippen LogP contribution in [0.1, 0.15) is 32.2 Å². The average Bonchev–Trinajstić information content (AvgIpc) is 3.20. The van der Waals surface area contributed by atoms with E-state index in [1.807, 2.05) is 24.3 Å². The largest absolute Gasteiger partial charge is 0.476 e. The van der Waals surface area contributed by atoms with E-state index in [-0.39, 0.29) is 5.69 Å². The quantitative estimate of drug-likeness (QED) is 0.666. The Labute approximate surface area is 158 Å². The molecule has 0 atom stereocenters. The van der Waals surface area contributed by atoms with Crippen LogP contribution in [0.4, 0.5) is 0 Å². The van der Waals surface area contributed by atoms with Gasteiger partial charge in [-0.3, -0.25) is 0 Å². The summed E-state index contributed by atoms with van der Waals surface area (Å²) in [5.41, 5.74) is 3.01. The first-order valence-electron chi connectivity index (χ1n) is 7.71. The van der Waals surface area contributed by atoms with Crippen molar-refractivity contribution in [2.45, 2.75) is 18.3 Å². The van der Waals surface area contributed by atoms with Gasteiger partial charge in [-0.1, -0.05) is 53.5 Å². The van der Waals surface area contributed by atoms with Crippen LogP contribution in [-0.2, 0) is 18.3 Å². The van der Waals surface area contributed by atoms with Gasteiger partial charge in [0, 0.05) is 15.4 Å². The molecule has 6 heteroatoms. The molecule has 1 aromatic heterocycles. The zero-order valence-corrected chi connectivity index (χ0v) is 15.3. The highest BCUT2D eigenvalue weighted by Gasteiger charge is 2.44. The van der Waals surface area contributed by atoms with Crippen molar-refractivity contribution < 1.29 is 9.90 Å². The number of thiazole rings is 1. The van der Waals surface area contributed by atoms with E-state index in [2.05, 4.69) is 17.1 Å². The number of halogens is 2. The zero-order chi connectivity index (χ0) is 17.6. The van der Waals surface area contributed by atoms with Gasteiger partial charge in [0.1, 0.15) is 5.01 Å². The maximum atomic E-state index is 11.3. The van der Waals surface area contributed by atoms with Crippen LogP contribution in [0.5, 0.6) is 0 Å². The summed E-state index contributed by atoms with van der Waals surface area (Å²) in [4.78, 5) is 15.7. The van der Waals surface area contributed by atoms with Crippen LogP contribution < -0.4 is 0 Å². The Balaban J connectivity index is 1.92. The number of hydrogen-bond acceptors (Lipinski definition) is 3. The van der Waals surface area contributed by atoms with E-state index < -0.39 is 11.4 Å². The summed E-state index contributed by atoms with van der Waals surface area (Å²) < 4.78 is 0. The Bertz CT molecular complexity index is 958. The predicted molar refractivity (Wildman–Crippen MR) is 100 cm³/mol. The number of rotatable bonds is 3. The Morgan fingerprint density at radius 1 is 1.12 bits per heavy atom. The molecule has 25 heavy (non-hydrogen) atoms. The van der Waals surface area contributed by atoms with Gasteiger partial charge in [-0.2, -0.15) is 0 Å². The highest BCUT2D eigenvalue weighted by atomic mass is 35.5. The first kappa shape index (κ1) is 16.6. The molecule has 0 radical (unpaired) electrons. The minimum atomic E-state index is -1.02. The van der Waals surface area contributed by atoms with Crippen molar-refractivity contribution in [3.05, 3.63) is 85.3 Å². The molecule has 3 nitrogen and oxygen atoms in total. The zero-order valence-electron chi connectivity index (χ0n) is 13.0. The monoisotopic (exact) mass is 389 g/mol. The molecule has 0 amide bonds. The molecule has 3 aromatic rings. The normalized spacial score (nSPS) is 15.1. The van der Waals surface area contributed by atoms with Gasteiger partial charge < -0.3 is 5.11 Å². The third-order valence-electron chi connectivity index (χ3n) is 4.68. The van der Waals surface area contributed by atoms with Crippen LogP contribution in [0.25, 0.3) is 0 Å². The molecule has 1 N–H and O–H groups in total.